The molecular weight excluding hydrogens is 300 g/mol. The predicted octanol–water partition coefficient (Wildman–Crippen LogP) is 2.63. The molecule has 0 saturated carbocycles. The molecule has 0 spiro atoms. The third kappa shape index (κ3) is 5.38. The first-order valence-electron chi connectivity index (χ1n) is 6.31. The van der Waals surface area contributed by atoms with Crippen molar-refractivity contribution in [1.82, 2.24) is 5.32 Å². The van der Waals surface area contributed by atoms with Gasteiger partial charge in [-0.1, -0.05) is 24.9 Å². The smallest absolute Gasteiger partial charge is 0.251 e. The first-order valence-corrected chi connectivity index (χ1v) is 8.58. The molecule has 1 aromatic carbocycles. The van der Waals surface area contributed by atoms with Crippen molar-refractivity contribution in [2.45, 2.75) is 32.7 Å². The normalized spacial score (nSPS) is 12.8. The second-order valence-corrected chi connectivity index (χ2v) is 6.89. The van der Waals surface area contributed by atoms with Gasteiger partial charge in [-0.3, -0.25) is 9.52 Å². The van der Waals surface area contributed by atoms with E-state index < -0.39 is 10.0 Å². The lowest BCUT2D eigenvalue weighted by Crippen LogP contribution is -2.32. The van der Waals surface area contributed by atoms with Crippen LogP contribution in [0.3, 0.4) is 0 Å². The van der Waals surface area contributed by atoms with Gasteiger partial charge in [0.25, 0.3) is 5.91 Å². The van der Waals surface area contributed by atoms with Crippen molar-refractivity contribution >= 4 is 33.2 Å². The van der Waals surface area contributed by atoms with E-state index in [1.54, 1.807) is 6.07 Å². The minimum Gasteiger partial charge on any atom is -0.350 e. The summed E-state index contributed by atoms with van der Waals surface area (Å²) in [5, 5.41) is 3.09. The van der Waals surface area contributed by atoms with Gasteiger partial charge in [-0.2, -0.15) is 0 Å². The third-order valence-electron chi connectivity index (χ3n) is 2.62. The number of halogens is 1. The molecule has 1 atom stereocenters. The fourth-order valence-corrected chi connectivity index (χ4v) is 2.55. The molecule has 0 saturated heterocycles. The van der Waals surface area contributed by atoms with Crippen LogP contribution in [0, 0.1) is 0 Å². The van der Waals surface area contributed by atoms with Gasteiger partial charge in [-0.15, -0.1) is 0 Å². The first-order chi connectivity index (χ1) is 9.23. The van der Waals surface area contributed by atoms with Gasteiger partial charge in [-0.05, 0) is 31.5 Å². The maximum atomic E-state index is 12.0. The molecule has 0 radical (unpaired) electrons. The second kappa shape index (κ2) is 6.95. The van der Waals surface area contributed by atoms with E-state index in [0.29, 0.717) is 5.56 Å². The highest BCUT2D eigenvalue weighted by molar-refractivity contribution is 7.92. The van der Waals surface area contributed by atoms with E-state index in [1.165, 1.54) is 12.1 Å². The van der Waals surface area contributed by atoms with Crippen molar-refractivity contribution < 1.29 is 13.2 Å². The molecule has 0 bridgehead atoms. The summed E-state index contributed by atoms with van der Waals surface area (Å²) in [5.74, 6) is -0.251. The lowest BCUT2D eigenvalue weighted by atomic mass is 10.1. The molecule has 20 heavy (non-hydrogen) atoms. The number of carbonyl (C=O) groups excluding carboxylic acids is 1. The number of hydrogen-bond acceptors (Lipinski definition) is 3. The van der Waals surface area contributed by atoms with Gasteiger partial charge in [0, 0.05) is 11.6 Å². The average Bonchev–Trinajstić information content (AvgIpc) is 2.30. The molecule has 0 aliphatic heterocycles. The van der Waals surface area contributed by atoms with Crippen LogP contribution in [0.1, 0.15) is 37.0 Å². The van der Waals surface area contributed by atoms with Crippen molar-refractivity contribution in [2.75, 3.05) is 11.0 Å². The van der Waals surface area contributed by atoms with E-state index in [4.69, 9.17) is 11.6 Å². The van der Waals surface area contributed by atoms with Gasteiger partial charge in [0.2, 0.25) is 10.0 Å². The fraction of sp³-hybridized carbons (Fsp3) is 0.462. The Labute approximate surface area is 124 Å². The Morgan fingerprint density at radius 1 is 1.40 bits per heavy atom. The van der Waals surface area contributed by atoms with Crippen LogP contribution in [0.2, 0.25) is 5.02 Å². The predicted molar refractivity (Wildman–Crippen MR) is 81.8 cm³/mol. The van der Waals surface area contributed by atoms with Crippen LogP contribution in [0.4, 0.5) is 5.69 Å². The maximum absolute atomic E-state index is 12.0. The number of carbonyl (C=O) groups is 1. The molecular formula is C13H19ClN2O3S. The van der Waals surface area contributed by atoms with E-state index in [-0.39, 0.29) is 22.7 Å². The van der Waals surface area contributed by atoms with E-state index in [2.05, 4.69) is 10.0 Å². The molecule has 1 aromatic rings. The average molecular weight is 319 g/mol. The Morgan fingerprint density at radius 2 is 2.05 bits per heavy atom. The molecule has 2 N–H and O–H groups in total. The monoisotopic (exact) mass is 318 g/mol. The van der Waals surface area contributed by atoms with Crippen molar-refractivity contribution in [1.29, 1.82) is 0 Å². The van der Waals surface area contributed by atoms with Gasteiger partial charge >= 0.3 is 0 Å². The summed E-state index contributed by atoms with van der Waals surface area (Å²) in [6.45, 7) is 3.96. The molecule has 0 aromatic heterocycles. The summed E-state index contributed by atoms with van der Waals surface area (Å²) < 4.78 is 24.7. The van der Waals surface area contributed by atoms with Crippen LogP contribution in [0.25, 0.3) is 0 Å². The molecule has 0 aliphatic carbocycles. The topological polar surface area (TPSA) is 75.3 Å². The summed E-state index contributed by atoms with van der Waals surface area (Å²) in [6, 6.07) is 4.55. The fourth-order valence-electron chi connectivity index (χ4n) is 1.76. The Morgan fingerprint density at radius 3 is 2.60 bits per heavy atom. The van der Waals surface area contributed by atoms with Crippen molar-refractivity contribution in [2.24, 2.45) is 0 Å². The quantitative estimate of drug-likeness (QED) is 0.846. The Bertz CT molecular complexity index is 587. The summed E-state index contributed by atoms with van der Waals surface area (Å²) >= 11 is 5.90. The van der Waals surface area contributed by atoms with Crippen molar-refractivity contribution in [3.8, 4) is 0 Å². The highest BCUT2D eigenvalue weighted by Gasteiger charge is 2.13. The van der Waals surface area contributed by atoms with Crippen LogP contribution in [0.5, 0.6) is 0 Å². The van der Waals surface area contributed by atoms with Crippen LogP contribution in [0.15, 0.2) is 18.2 Å². The van der Waals surface area contributed by atoms with Gasteiger partial charge < -0.3 is 5.32 Å². The van der Waals surface area contributed by atoms with E-state index in [9.17, 15) is 13.2 Å². The minimum absolute atomic E-state index is 0.0643. The van der Waals surface area contributed by atoms with Gasteiger partial charge in [-0.25, -0.2) is 8.42 Å². The number of nitrogens with one attached hydrogen (secondary N) is 2. The summed E-state index contributed by atoms with van der Waals surface area (Å²) in [4.78, 5) is 12.0. The molecule has 7 heteroatoms. The number of rotatable bonds is 6. The molecule has 0 fully saturated rings. The molecule has 0 heterocycles. The molecule has 1 rings (SSSR count). The zero-order valence-electron chi connectivity index (χ0n) is 11.7. The van der Waals surface area contributed by atoms with Crippen molar-refractivity contribution in [3.63, 3.8) is 0 Å². The van der Waals surface area contributed by atoms with Crippen LogP contribution in [-0.4, -0.2) is 26.6 Å². The lowest BCUT2D eigenvalue weighted by molar-refractivity contribution is 0.0938. The zero-order chi connectivity index (χ0) is 15.3. The van der Waals surface area contributed by atoms with E-state index in [1.807, 2.05) is 13.8 Å². The number of hydrogen-bond donors (Lipinski definition) is 2. The van der Waals surface area contributed by atoms with Gasteiger partial charge in [0.1, 0.15) is 0 Å². The third-order valence-corrected chi connectivity index (χ3v) is 3.54. The number of benzene rings is 1. The standard InChI is InChI=1S/C13H19ClN2O3S/c1-4-5-9(2)15-13(17)10-6-7-11(14)12(8-10)16-20(3,18)19/h6-9,16H,4-5H2,1-3H3,(H,15,17)/t9-/m1/s1. The maximum Gasteiger partial charge on any atom is 0.251 e. The van der Waals surface area contributed by atoms with Crippen molar-refractivity contribution in [3.05, 3.63) is 28.8 Å². The van der Waals surface area contributed by atoms with Gasteiger partial charge in [0.15, 0.2) is 0 Å². The van der Waals surface area contributed by atoms with Gasteiger partial charge in [0.05, 0.1) is 17.0 Å². The lowest BCUT2D eigenvalue weighted by Gasteiger charge is -2.14. The molecule has 5 nitrogen and oxygen atoms in total. The van der Waals surface area contributed by atoms with E-state index in [0.717, 1.165) is 19.1 Å². The highest BCUT2D eigenvalue weighted by atomic mass is 35.5. The Balaban J connectivity index is 2.92. The van der Waals surface area contributed by atoms with E-state index >= 15 is 0 Å². The van der Waals surface area contributed by atoms with Crippen LogP contribution >= 0.6 is 11.6 Å². The summed E-state index contributed by atoms with van der Waals surface area (Å²) in [6.07, 6.45) is 2.89. The summed E-state index contributed by atoms with van der Waals surface area (Å²) in [7, 11) is -3.44. The second-order valence-electron chi connectivity index (χ2n) is 4.73. The Kier molecular flexibility index (Phi) is 5.83. The highest BCUT2D eigenvalue weighted by Crippen LogP contribution is 2.24. The summed E-state index contributed by atoms with van der Waals surface area (Å²) in [5.41, 5.74) is 0.563. The minimum atomic E-state index is -3.44. The number of sulfonamides is 1. The largest absolute Gasteiger partial charge is 0.350 e. The van der Waals surface area contributed by atoms with Crippen LogP contribution < -0.4 is 10.0 Å². The Hall–Kier alpha value is -1.27. The SMILES string of the molecule is CCC[C@@H](C)NC(=O)c1ccc(Cl)c(NS(C)(=O)=O)c1. The molecule has 0 unspecified atom stereocenters. The molecule has 1 amide bonds. The van der Waals surface area contributed by atoms with Crippen LogP contribution in [-0.2, 0) is 10.0 Å². The molecule has 0 aliphatic rings. The zero-order valence-corrected chi connectivity index (χ0v) is 13.3. The first kappa shape index (κ1) is 16.8. The molecule has 112 valence electrons. The number of anilines is 1. The number of amides is 1.